The van der Waals surface area contributed by atoms with Gasteiger partial charge in [0.15, 0.2) is 0 Å². The molecule has 19 heavy (non-hydrogen) atoms. The minimum Gasteiger partial charge on any atom is -0.396 e. The summed E-state index contributed by atoms with van der Waals surface area (Å²) in [6, 6.07) is 8.95. The fourth-order valence-electron chi connectivity index (χ4n) is 2.92. The lowest BCUT2D eigenvalue weighted by molar-refractivity contribution is -0.120. The van der Waals surface area contributed by atoms with Crippen LogP contribution in [0.2, 0.25) is 0 Å². The molecule has 0 saturated carbocycles. The Balaban J connectivity index is 2.02. The average Bonchev–Trinajstić information content (AvgIpc) is 2.72. The zero-order valence-corrected chi connectivity index (χ0v) is 10.5. The Kier molecular flexibility index (Phi) is 2.95. The van der Waals surface area contributed by atoms with Crippen LogP contribution in [0.5, 0.6) is 0 Å². The van der Waals surface area contributed by atoms with Gasteiger partial charge in [0.05, 0.1) is 12.3 Å². The Morgan fingerprint density at radius 3 is 2.58 bits per heavy atom. The first kappa shape index (κ1) is 12.1. The van der Waals surface area contributed by atoms with Gasteiger partial charge in [-0.05, 0) is 31.4 Å². The molecule has 0 saturated heterocycles. The number of rotatable bonds is 2. The van der Waals surface area contributed by atoms with Gasteiger partial charge in [0.2, 0.25) is 0 Å². The topological polar surface area (TPSA) is 57.6 Å². The summed E-state index contributed by atoms with van der Waals surface area (Å²) in [6.45, 7) is -0.0690. The second-order valence-corrected chi connectivity index (χ2v) is 4.95. The van der Waals surface area contributed by atoms with E-state index in [0.29, 0.717) is 23.3 Å². The van der Waals surface area contributed by atoms with Crippen molar-refractivity contribution in [2.24, 2.45) is 5.92 Å². The third kappa shape index (κ3) is 1.79. The Bertz CT molecular complexity index is 562. The second kappa shape index (κ2) is 4.63. The van der Waals surface area contributed by atoms with E-state index in [1.165, 1.54) is 4.90 Å². The van der Waals surface area contributed by atoms with Crippen LogP contribution in [0.4, 0.5) is 5.69 Å². The summed E-state index contributed by atoms with van der Waals surface area (Å²) in [5, 5.41) is 9.38. The fraction of sp³-hybridized carbons (Fsp3) is 0.333. The van der Waals surface area contributed by atoms with E-state index < -0.39 is 0 Å². The smallest absolute Gasteiger partial charge is 0.262 e. The molecular weight excluding hydrogens is 242 g/mol. The largest absolute Gasteiger partial charge is 0.396 e. The summed E-state index contributed by atoms with van der Waals surface area (Å²) in [4.78, 5) is 26.1. The van der Waals surface area contributed by atoms with E-state index in [4.69, 9.17) is 0 Å². The van der Waals surface area contributed by atoms with Gasteiger partial charge in [-0.15, -0.1) is 0 Å². The quantitative estimate of drug-likeness (QED) is 0.819. The molecule has 0 radical (unpaired) electrons. The van der Waals surface area contributed by atoms with Gasteiger partial charge in [0.1, 0.15) is 0 Å². The molecule has 1 N–H and O–H groups in total. The van der Waals surface area contributed by atoms with Gasteiger partial charge in [-0.1, -0.05) is 18.2 Å². The molecule has 0 fully saturated rings. The summed E-state index contributed by atoms with van der Waals surface area (Å²) >= 11 is 0. The van der Waals surface area contributed by atoms with Crippen molar-refractivity contribution in [3.05, 3.63) is 41.5 Å². The first-order valence-electron chi connectivity index (χ1n) is 6.51. The SMILES string of the molecule is O=C1C2=C(C(=O)N1c1ccccc1)C(CO)CCC2. The van der Waals surface area contributed by atoms with Crippen molar-refractivity contribution in [2.75, 3.05) is 11.5 Å². The highest BCUT2D eigenvalue weighted by Crippen LogP contribution is 2.38. The fourth-order valence-corrected chi connectivity index (χ4v) is 2.92. The second-order valence-electron chi connectivity index (χ2n) is 4.95. The number of para-hydroxylation sites is 1. The minimum absolute atomic E-state index is 0.0690. The van der Waals surface area contributed by atoms with Crippen LogP contribution < -0.4 is 4.90 Å². The van der Waals surface area contributed by atoms with Crippen molar-refractivity contribution in [3.63, 3.8) is 0 Å². The van der Waals surface area contributed by atoms with Gasteiger partial charge in [-0.3, -0.25) is 9.59 Å². The number of carbonyl (C=O) groups excluding carboxylic acids is 2. The molecule has 1 atom stereocenters. The molecule has 1 heterocycles. The highest BCUT2D eigenvalue weighted by atomic mass is 16.3. The molecule has 0 bridgehead atoms. The molecule has 0 aromatic heterocycles. The lowest BCUT2D eigenvalue weighted by Gasteiger charge is -2.20. The molecular formula is C15H15NO3. The maximum absolute atomic E-state index is 12.5. The molecule has 2 aliphatic rings. The van der Waals surface area contributed by atoms with Gasteiger partial charge in [0.25, 0.3) is 11.8 Å². The Morgan fingerprint density at radius 2 is 1.89 bits per heavy atom. The summed E-state index contributed by atoms with van der Waals surface area (Å²) in [5.74, 6) is -0.664. The van der Waals surface area contributed by atoms with Gasteiger partial charge >= 0.3 is 0 Å². The van der Waals surface area contributed by atoms with Crippen LogP contribution in [0, 0.1) is 5.92 Å². The molecule has 1 aliphatic heterocycles. The van der Waals surface area contributed by atoms with Gasteiger partial charge in [0, 0.05) is 17.1 Å². The van der Waals surface area contributed by atoms with Crippen molar-refractivity contribution >= 4 is 17.5 Å². The molecule has 98 valence electrons. The van der Waals surface area contributed by atoms with Crippen LogP contribution in [0.3, 0.4) is 0 Å². The summed E-state index contributed by atoms with van der Waals surface area (Å²) in [5.41, 5.74) is 1.73. The first-order chi connectivity index (χ1) is 9.24. The van der Waals surface area contributed by atoms with Crippen LogP contribution in [0.1, 0.15) is 19.3 Å². The zero-order chi connectivity index (χ0) is 13.4. The van der Waals surface area contributed by atoms with E-state index in [1.807, 2.05) is 6.07 Å². The van der Waals surface area contributed by atoms with Crippen LogP contribution in [-0.4, -0.2) is 23.5 Å². The number of nitrogens with zero attached hydrogens (tertiary/aromatic N) is 1. The molecule has 0 spiro atoms. The van der Waals surface area contributed by atoms with Crippen LogP contribution >= 0.6 is 0 Å². The molecule has 1 aliphatic carbocycles. The van der Waals surface area contributed by atoms with Crippen molar-refractivity contribution in [1.29, 1.82) is 0 Å². The number of imide groups is 1. The number of anilines is 1. The molecule has 4 nitrogen and oxygen atoms in total. The Labute approximate surface area is 111 Å². The number of amides is 2. The van der Waals surface area contributed by atoms with Crippen molar-refractivity contribution < 1.29 is 14.7 Å². The maximum Gasteiger partial charge on any atom is 0.262 e. The number of hydrogen-bond donors (Lipinski definition) is 1. The summed E-state index contributed by atoms with van der Waals surface area (Å²) in [6.07, 6.45) is 2.27. The summed E-state index contributed by atoms with van der Waals surface area (Å²) in [7, 11) is 0. The van der Waals surface area contributed by atoms with E-state index in [9.17, 15) is 14.7 Å². The van der Waals surface area contributed by atoms with Crippen molar-refractivity contribution in [2.45, 2.75) is 19.3 Å². The lowest BCUT2D eigenvalue weighted by Crippen LogP contribution is -2.32. The van der Waals surface area contributed by atoms with Gasteiger partial charge in [-0.25, -0.2) is 4.90 Å². The standard InChI is InChI=1S/C15H15NO3/c17-9-10-5-4-8-12-13(10)15(19)16(14(12)18)11-6-2-1-3-7-11/h1-3,6-7,10,17H,4-5,8-9H2. The highest BCUT2D eigenvalue weighted by molar-refractivity contribution is 6.33. The summed E-state index contributed by atoms with van der Waals surface area (Å²) < 4.78 is 0. The monoisotopic (exact) mass is 257 g/mol. The molecule has 4 heteroatoms. The van der Waals surface area contributed by atoms with Crippen molar-refractivity contribution in [3.8, 4) is 0 Å². The number of benzene rings is 1. The van der Waals surface area contributed by atoms with Crippen LogP contribution in [0.15, 0.2) is 41.5 Å². The predicted molar refractivity (Wildman–Crippen MR) is 70.4 cm³/mol. The number of carbonyl (C=O) groups is 2. The average molecular weight is 257 g/mol. The molecule has 1 unspecified atom stereocenters. The van der Waals surface area contributed by atoms with E-state index in [2.05, 4.69) is 0 Å². The van der Waals surface area contributed by atoms with E-state index in [1.54, 1.807) is 24.3 Å². The van der Waals surface area contributed by atoms with E-state index in [-0.39, 0.29) is 24.3 Å². The molecule has 1 aromatic carbocycles. The number of hydrogen-bond acceptors (Lipinski definition) is 3. The maximum atomic E-state index is 12.5. The highest BCUT2D eigenvalue weighted by Gasteiger charge is 2.43. The Hall–Kier alpha value is -1.94. The molecule has 2 amide bonds. The third-order valence-corrected chi connectivity index (χ3v) is 3.84. The Morgan fingerprint density at radius 1 is 1.16 bits per heavy atom. The first-order valence-corrected chi connectivity index (χ1v) is 6.51. The van der Waals surface area contributed by atoms with E-state index in [0.717, 1.165) is 12.8 Å². The van der Waals surface area contributed by atoms with Gasteiger partial charge < -0.3 is 5.11 Å². The van der Waals surface area contributed by atoms with Crippen LogP contribution in [0.25, 0.3) is 0 Å². The molecule has 3 rings (SSSR count). The third-order valence-electron chi connectivity index (χ3n) is 3.84. The van der Waals surface area contributed by atoms with Crippen molar-refractivity contribution in [1.82, 2.24) is 0 Å². The van der Waals surface area contributed by atoms with E-state index >= 15 is 0 Å². The van der Waals surface area contributed by atoms with Crippen LogP contribution in [-0.2, 0) is 9.59 Å². The normalized spacial score (nSPS) is 23.0. The number of aliphatic hydroxyl groups excluding tert-OH is 1. The number of aliphatic hydroxyl groups is 1. The minimum atomic E-state index is -0.259. The zero-order valence-electron chi connectivity index (χ0n) is 10.5. The lowest BCUT2D eigenvalue weighted by atomic mass is 9.84. The molecule has 1 aromatic rings. The van der Waals surface area contributed by atoms with Gasteiger partial charge in [-0.2, -0.15) is 0 Å². The predicted octanol–water partition coefficient (Wildman–Crippen LogP) is 1.65.